The van der Waals surface area contributed by atoms with E-state index < -0.39 is 0 Å². The molecule has 106 valence electrons. The predicted octanol–water partition coefficient (Wildman–Crippen LogP) is 0.409. The van der Waals surface area contributed by atoms with Gasteiger partial charge in [0.15, 0.2) is 0 Å². The maximum absolute atomic E-state index is 12.5. The van der Waals surface area contributed by atoms with Crippen LogP contribution in [-0.4, -0.2) is 52.9 Å². The lowest BCUT2D eigenvalue weighted by molar-refractivity contribution is -0.140. The second kappa shape index (κ2) is 6.16. The second-order valence-corrected chi connectivity index (χ2v) is 4.97. The Bertz CT molecular complexity index is 407. The molecule has 3 unspecified atom stereocenters. The van der Waals surface area contributed by atoms with Crippen LogP contribution in [0.25, 0.3) is 0 Å². The smallest absolute Gasteiger partial charge is 0.247 e. The lowest BCUT2D eigenvalue weighted by Gasteiger charge is -2.39. The summed E-state index contributed by atoms with van der Waals surface area (Å²) in [5.41, 5.74) is 5.80. The molecule has 19 heavy (non-hydrogen) atoms. The molecule has 2 heterocycles. The van der Waals surface area contributed by atoms with Crippen LogP contribution in [0, 0.1) is 0 Å². The van der Waals surface area contributed by atoms with Gasteiger partial charge in [-0.2, -0.15) is 5.10 Å². The van der Waals surface area contributed by atoms with Gasteiger partial charge >= 0.3 is 0 Å². The molecule has 3 atom stereocenters. The zero-order chi connectivity index (χ0) is 13.8. The summed E-state index contributed by atoms with van der Waals surface area (Å²) in [7, 11) is 1.71. The van der Waals surface area contributed by atoms with Gasteiger partial charge in [0, 0.05) is 38.6 Å². The summed E-state index contributed by atoms with van der Waals surface area (Å²) in [6.07, 6.45) is 5.37. The van der Waals surface area contributed by atoms with Crippen LogP contribution >= 0.6 is 0 Å². The van der Waals surface area contributed by atoms with Gasteiger partial charge in [-0.15, -0.1) is 0 Å². The molecule has 0 aromatic carbocycles. The highest BCUT2D eigenvalue weighted by molar-refractivity contribution is 5.80. The number of hydrogen-bond acceptors (Lipinski definition) is 4. The third-order valence-corrected chi connectivity index (χ3v) is 3.84. The summed E-state index contributed by atoms with van der Waals surface area (Å²) in [5.74, 6) is 0.0775. The molecular formula is C13H22N4O2. The molecule has 1 saturated heterocycles. The molecular weight excluding hydrogens is 244 g/mol. The normalized spacial score (nSPS) is 25.3. The van der Waals surface area contributed by atoms with E-state index >= 15 is 0 Å². The number of piperidine rings is 1. The second-order valence-electron chi connectivity index (χ2n) is 4.97. The van der Waals surface area contributed by atoms with Gasteiger partial charge in [0.1, 0.15) is 6.04 Å². The SMILES string of the molecule is COC1CCN(C(=O)C(C)n2cccn2)C(CN)C1. The summed E-state index contributed by atoms with van der Waals surface area (Å²) >= 11 is 0. The van der Waals surface area contributed by atoms with Crippen LogP contribution in [0.5, 0.6) is 0 Å². The number of hydrogen-bond donors (Lipinski definition) is 1. The third-order valence-electron chi connectivity index (χ3n) is 3.84. The number of ether oxygens (including phenoxy) is 1. The fourth-order valence-electron chi connectivity index (χ4n) is 2.60. The van der Waals surface area contributed by atoms with E-state index in [1.54, 1.807) is 18.0 Å². The average molecular weight is 266 g/mol. The lowest BCUT2D eigenvalue weighted by atomic mass is 9.98. The molecule has 1 fully saturated rings. The largest absolute Gasteiger partial charge is 0.381 e. The number of rotatable bonds is 4. The molecule has 1 aliphatic heterocycles. The van der Waals surface area contributed by atoms with Crippen LogP contribution < -0.4 is 5.73 Å². The maximum Gasteiger partial charge on any atom is 0.247 e. The Morgan fingerprint density at radius 1 is 1.63 bits per heavy atom. The van der Waals surface area contributed by atoms with Crippen molar-refractivity contribution in [1.82, 2.24) is 14.7 Å². The Hall–Kier alpha value is -1.40. The van der Waals surface area contributed by atoms with Crippen LogP contribution in [0.2, 0.25) is 0 Å². The number of methoxy groups -OCH3 is 1. The number of nitrogens with zero attached hydrogens (tertiary/aromatic N) is 3. The van der Waals surface area contributed by atoms with Gasteiger partial charge in [-0.05, 0) is 25.8 Å². The first-order valence-corrected chi connectivity index (χ1v) is 6.69. The first kappa shape index (κ1) is 14.0. The van der Waals surface area contributed by atoms with Crippen LogP contribution in [0.3, 0.4) is 0 Å². The standard InChI is InChI=1S/C13H22N4O2/c1-10(17-6-3-5-15-17)13(18)16-7-4-12(19-2)8-11(16)9-14/h3,5-6,10-12H,4,7-9,14H2,1-2H3. The van der Waals surface area contributed by atoms with Gasteiger partial charge in [0.2, 0.25) is 5.91 Å². The van der Waals surface area contributed by atoms with E-state index in [0.717, 1.165) is 12.8 Å². The molecule has 2 N–H and O–H groups in total. The molecule has 1 aromatic rings. The van der Waals surface area contributed by atoms with Crippen molar-refractivity contribution in [3.05, 3.63) is 18.5 Å². The number of carbonyl (C=O) groups is 1. The quantitative estimate of drug-likeness (QED) is 0.856. The highest BCUT2D eigenvalue weighted by Crippen LogP contribution is 2.22. The molecule has 1 amide bonds. The van der Waals surface area contributed by atoms with Crippen molar-refractivity contribution in [3.63, 3.8) is 0 Å². The van der Waals surface area contributed by atoms with Gasteiger partial charge in [-0.1, -0.05) is 0 Å². The fourth-order valence-corrected chi connectivity index (χ4v) is 2.60. The number of nitrogens with two attached hydrogens (primary N) is 1. The predicted molar refractivity (Wildman–Crippen MR) is 71.5 cm³/mol. The van der Waals surface area contributed by atoms with Gasteiger partial charge in [-0.3, -0.25) is 9.48 Å². The summed E-state index contributed by atoms with van der Waals surface area (Å²) in [5, 5.41) is 4.13. The van der Waals surface area contributed by atoms with E-state index in [-0.39, 0.29) is 24.1 Å². The maximum atomic E-state index is 12.5. The zero-order valence-corrected chi connectivity index (χ0v) is 11.5. The molecule has 6 nitrogen and oxygen atoms in total. The third kappa shape index (κ3) is 2.96. The van der Waals surface area contributed by atoms with E-state index in [4.69, 9.17) is 10.5 Å². The van der Waals surface area contributed by atoms with Gasteiger partial charge < -0.3 is 15.4 Å². The molecule has 0 spiro atoms. The number of amides is 1. The van der Waals surface area contributed by atoms with Crippen molar-refractivity contribution < 1.29 is 9.53 Å². The average Bonchev–Trinajstić information content (AvgIpc) is 2.99. The highest BCUT2D eigenvalue weighted by atomic mass is 16.5. The minimum Gasteiger partial charge on any atom is -0.381 e. The fraction of sp³-hybridized carbons (Fsp3) is 0.692. The highest BCUT2D eigenvalue weighted by Gasteiger charge is 2.33. The molecule has 0 saturated carbocycles. The summed E-state index contributed by atoms with van der Waals surface area (Å²) in [4.78, 5) is 14.4. The van der Waals surface area contributed by atoms with Gasteiger partial charge in [0.25, 0.3) is 0 Å². The minimum atomic E-state index is -0.289. The summed E-state index contributed by atoms with van der Waals surface area (Å²) in [6.45, 7) is 3.04. The van der Waals surface area contributed by atoms with E-state index in [2.05, 4.69) is 5.10 Å². The molecule has 0 aliphatic carbocycles. The van der Waals surface area contributed by atoms with Crippen molar-refractivity contribution in [2.24, 2.45) is 5.73 Å². The van der Waals surface area contributed by atoms with Crippen molar-refractivity contribution in [2.75, 3.05) is 20.2 Å². The Morgan fingerprint density at radius 2 is 2.42 bits per heavy atom. The first-order chi connectivity index (χ1) is 9.17. The Labute approximate surface area is 113 Å². The summed E-state index contributed by atoms with van der Waals surface area (Å²) < 4.78 is 7.05. The monoisotopic (exact) mass is 266 g/mol. The van der Waals surface area contributed by atoms with Crippen molar-refractivity contribution >= 4 is 5.91 Å². The van der Waals surface area contributed by atoms with Gasteiger partial charge in [-0.25, -0.2) is 0 Å². The molecule has 0 bridgehead atoms. The Kier molecular flexibility index (Phi) is 4.55. The Morgan fingerprint density at radius 3 is 3.00 bits per heavy atom. The molecule has 0 radical (unpaired) electrons. The summed E-state index contributed by atoms with van der Waals surface area (Å²) in [6, 6.07) is 1.59. The molecule has 6 heteroatoms. The van der Waals surface area contributed by atoms with Crippen LogP contribution in [-0.2, 0) is 9.53 Å². The number of likely N-dealkylation sites (tertiary alicyclic amines) is 1. The van der Waals surface area contributed by atoms with Gasteiger partial charge in [0.05, 0.1) is 6.10 Å². The van der Waals surface area contributed by atoms with Crippen LogP contribution in [0.4, 0.5) is 0 Å². The van der Waals surface area contributed by atoms with E-state index in [0.29, 0.717) is 13.1 Å². The van der Waals surface area contributed by atoms with Crippen molar-refractivity contribution in [1.29, 1.82) is 0 Å². The minimum absolute atomic E-state index is 0.0595. The molecule has 1 aromatic heterocycles. The number of carbonyl (C=O) groups excluding carboxylic acids is 1. The van der Waals surface area contributed by atoms with Crippen LogP contribution in [0.15, 0.2) is 18.5 Å². The zero-order valence-electron chi connectivity index (χ0n) is 11.5. The van der Waals surface area contributed by atoms with E-state index in [9.17, 15) is 4.79 Å². The number of aromatic nitrogens is 2. The van der Waals surface area contributed by atoms with Crippen molar-refractivity contribution in [2.45, 2.75) is 38.0 Å². The molecule has 2 rings (SSSR count). The lowest BCUT2D eigenvalue weighted by Crippen LogP contribution is -2.52. The van der Waals surface area contributed by atoms with Crippen molar-refractivity contribution in [3.8, 4) is 0 Å². The first-order valence-electron chi connectivity index (χ1n) is 6.69. The van der Waals surface area contributed by atoms with E-state index in [1.807, 2.05) is 24.1 Å². The Balaban J connectivity index is 2.05. The van der Waals surface area contributed by atoms with Crippen LogP contribution in [0.1, 0.15) is 25.8 Å². The van der Waals surface area contributed by atoms with E-state index in [1.165, 1.54) is 0 Å². The molecule has 1 aliphatic rings. The topological polar surface area (TPSA) is 73.4 Å².